The van der Waals surface area contributed by atoms with Crippen molar-refractivity contribution in [3.8, 4) is 0 Å². The summed E-state index contributed by atoms with van der Waals surface area (Å²) in [5.41, 5.74) is 2.29. The second-order valence-electron chi connectivity index (χ2n) is 3.30. The molecule has 2 aliphatic heterocycles. The highest BCUT2D eigenvalue weighted by Gasteiger charge is 2.43. The van der Waals surface area contributed by atoms with Crippen molar-refractivity contribution in [3.63, 3.8) is 0 Å². The zero-order chi connectivity index (χ0) is 8.13. The topological polar surface area (TPSA) is 26.3 Å². The Balaban J connectivity index is 2.23. The normalized spacial score (nSPS) is 30.8. The summed E-state index contributed by atoms with van der Waals surface area (Å²) in [6.07, 6.45) is 0.381. The average molecular weight is 160 g/mol. The van der Waals surface area contributed by atoms with Crippen molar-refractivity contribution in [2.45, 2.75) is 18.6 Å². The largest absolute Gasteiger partial charge is 0.357 e. The molecule has 2 heterocycles. The van der Waals surface area contributed by atoms with Gasteiger partial charge in [0.1, 0.15) is 6.10 Å². The van der Waals surface area contributed by atoms with E-state index in [0.717, 1.165) is 5.56 Å². The van der Waals surface area contributed by atoms with Crippen LogP contribution in [0.25, 0.3) is 0 Å². The lowest BCUT2D eigenvalue weighted by molar-refractivity contribution is -0.122. The SMILES string of the molecule is O=C1CC2OC1c1ccccc12. The van der Waals surface area contributed by atoms with Gasteiger partial charge in [-0.05, 0) is 11.1 Å². The fourth-order valence-electron chi connectivity index (χ4n) is 2.05. The van der Waals surface area contributed by atoms with Crippen molar-refractivity contribution in [1.29, 1.82) is 0 Å². The Kier molecular flexibility index (Phi) is 1.04. The number of ketones is 1. The van der Waals surface area contributed by atoms with Gasteiger partial charge in [-0.15, -0.1) is 0 Å². The minimum Gasteiger partial charge on any atom is -0.357 e. The molecule has 2 unspecified atom stereocenters. The van der Waals surface area contributed by atoms with Gasteiger partial charge in [0, 0.05) is 6.42 Å². The Bertz CT molecular complexity index is 357. The third-order valence-electron chi connectivity index (χ3n) is 2.60. The van der Waals surface area contributed by atoms with Gasteiger partial charge in [0.15, 0.2) is 5.78 Å². The molecule has 0 spiro atoms. The van der Waals surface area contributed by atoms with Gasteiger partial charge in [-0.1, -0.05) is 24.3 Å². The maximum absolute atomic E-state index is 11.3. The number of carbonyl (C=O) groups excluding carboxylic acids is 1. The molecule has 2 aliphatic rings. The van der Waals surface area contributed by atoms with Crippen molar-refractivity contribution < 1.29 is 9.53 Å². The standard InChI is InChI=1S/C10H8O2/c11-8-5-9-6-3-1-2-4-7(6)10(8)12-9/h1-4,9-10H,5H2. The van der Waals surface area contributed by atoms with Crippen LogP contribution >= 0.6 is 0 Å². The molecule has 1 fully saturated rings. The summed E-state index contributed by atoms with van der Waals surface area (Å²) in [6.45, 7) is 0. The fraction of sp³-hybridized carbons (Fsp3) is 0.300. The smallest absolute Gasteiger partial charge is 0.169 e. The van der Waals surface area contributed by atoms with Crippen molar-refractivity contribution in [3.05, 3.63) is 35.4 Å². The van der Waals surface area contributed by atoms with Crippen LogP contribution in [0.15, 0.2) is 24.3 Å². The van der Waals surface area contributed by atoms with E-state index in [1.807, 2.05) is 24.3 Å². The Morgan fingerprint density at radius 1 is 1.25 bits per heavy atom. The predicted octanol–water partition coefficient (Wildman–Crippen LogP) is 1.77. The van der Waals surface area contributed by atoms with Crippen molar-refractivity contribution in [2.24, 2.45) is 0 Å². The molecule has 2 heteroatoms. The maximum atomic E-state index is 11.3. The van der Waals surface area contributed by atoms with Crippen LogP contribution in [0, 0.1) is 0 Å². The lowest BCUT2D eigenvalue weighted by atomic mass is 9.91. The summed E-state index contributed by atoms with van der Waals surface area (Å²) < 4.78 is 5.51. The molecule has 0 N–H and O–H groups in total. The zero-order valence-electron chi connectivity index (χ0n) is 6.49. The van der Waals surface area contributed by atoms with Gasteiger partial charge in [-0.3, -0.25) is 4.79 Å². The highest BCUT2D eigenvalue weighted by atomic mass is 16.5. The third-order valence-corrected chi connectivity index (χ3v) is 2.60. The Morgan fingerprint density at radius 3 is 2.83 bits per heavy atom. The van der Waals surface area contributed by atoms with Crippen LogP contribution in [0.1, 0.15) is 29.8 Å². The number of hydrogen-bond donors (Lipinski definition) is 0. The number of benzene rings is 1. The number of fused-ring (bicyclic) bond motifs is 5. The maximum Gasteiger partial charge on any atom is 0.169 e. The molecule has 0 amide bonds. The van der Waals surface area contributed by atoms with E-state index < -0.39 is 0 Å². The van der Waals surface area contributed by atoms with Gasteiger partial charge in [-0.2, -0.15) is 0 Å². The van der Waals surface area contributed by atoms with Crippen LogP contribution in [0.4, 0.5) is 0 Å². The van der Waals surface area contributed by atoms with Gasteiger partial charge in [-0.25, -0.2) is 0 Å². The molecular weight excluding hydrogens is 152 g/mol. The summed E-state index contributed by atoms with van der Waals surface area (Å²) >= 11 is 0. The first-order chi connectivity index (χ1) is 5.86. The monoisotopic (exact) mass is 160 g/mol. The zero-order valence-corrected chi connectivity index (χ0v) is 6.49. The first-order valence-corrected chi connectivity index (χ1v) is 4.13. The molecule has 3 rings (SSSR count). The summed E-state index contributed by atoms with van der Waals surface area (Å²) in [5, 5.41) is 0. The molecule has 0 aromatic heterocycles. The minimum atomic E-state index is -0.244. The van der Waals surface area contributed by atoms with E-state index in [4.69, 9.17) is 4.74 Å². The number of hydrogen-bond acceptors (Lipinski definition) is 2. The Hall–Kier alpha value is -1.15. The van der Waals surface area contributed by atoms with Gasteiger partial charge in [0.25, 0.3) is 0 Å². The molecule has 0 saturated carbocycles. The molecule has 12 heavy (non-hydrogen) atoms. The van der Waals surface area contributed by atoms with Crippen molar-refractivity contribution in [1.82, 2.24) is 0 Å². The molecule has 1 aromatic rings. The van der Waals surface area contributed by atoms with Crippen LogP contribution in [0.3, 0.4) is 0 Å². The van der Waals surface area contributed by atoms with E-state index >= 15 is 0 Å². The van der Waals surface area contributed by atoms with E-state index in [0.29, 0.717) is 6.42 Å². The third kappa shape index (κ3) is 0.612. The second-order valence-corrected chi connectivity index (χ2v) is 3.30. The predicted molar refractivity (Wildman–Crippen MR) is 42.6 cm³/mol. The second kappa shape index (κ2) is 1.96. The lowest BCUT2D eigenvalue weighted by Crippen LogP contribution is -2.08. The average Bonchev–Trinajstić information content (AvgIpc) is 2.62. The van der Waals surface area contributed by atoms with Crippen LogP contribution in [-0.4, -0.2) is 5.78 Å². The first-order valence-electron chi connectivity index (χ1n) is 4.13. The summed E-state index contributed by atoms with van der Waals surface area (Å²) in [4.78, 5) is 11.3. The van der Waals surface area contributed by atoms with Gasteiger partial charge < -0.3 is 4.74 Å². The van der Waals surface area contributed by atoms with Gasteiger partial charge in [0.05, 0.1) is 6.10 Å². The molecule has 2 nitrogen and oxygen atoms in total. The Labute approximate surface area is 70.2 Å². The van der Waals surface area contributed by atoms with Crippen molar-refractivity contribution in [2.75, 3.05) is 0 Å². The molecule has 60 valence electrons. The number of ether oxygens (including phenoxy) is 1. The number of Topliss-reactive ketones (excluding diaryl/α,β-unsaturated/α-hetero) is 1. The van der Waals surface area contributed by atoms with E-state index in [1.54, 1.807) is 0 Å². The van der Waals surface area contributed by atoms with E-state index in [9.17, 15) is 4.79 Å². The molecule has 1 saturated heterocycles. The Morgan fingerprint density at radius 2 is 2.00 bits per heavy atom. The number of rotatable bonds is 0. The molecule has 0 radical (unpaired) electrons. The molecule has 0 aliphatic carbocycles. The highest BCUT2D eigenvalue weighted by Crippen LogP contribution is 2.47. The van der Waals surface area contributed by atoms with E-state index in [-0.39, 0.29) is 18.0 Å². The summed E-state index contributed by atoms with van der Waals surface area (Å²) in [6, 6.07) is 7.98. The summed E-state index contributed by atoms with van der Waals surface area (Å²) in [7, 11) is 0. The van der Waals surface area contributed by atoms with Gasteiger partial charge in [0.2, 0.25) is 0 Å². The fourth-order valence-corrected chi connectivity index (χ4v) is 2.05. The van der Waals surface area contributed by atoms with Crippen molar-refractivity contribution >= 4 is 5.78 Å². The first kappa shape index (κ1) is 6.38. The number of carbonyl (C=O) groups is 1. The highest BCUT2D eigenvalue weighted by molar-refractivity contribution is 5.89. The molecule has 2 atom stereocenters. The van der Waals surface area contributed by atoms with Crippen LogP contribution in [0.2, 0.25) is 0 Å². The van der Waals surface area contributed by atoms with E-state index in [1.165, 1.54) is 5.56 Å². The summed E-state index contributed by atoms with van der Waals surface area (Å²) in [5.74, 6) is 0.235. The molecular formula is C10H8O2. The quantitative estimate of drug-likeness (QED) is 0.578. The van der Waals surface area contributed by atoms with E-state index in [2.05, 4.69) is 0 Å². The molecule has 1 aromatic carbocycles. The lowest BCUT2D eigenvalue weighted by Gasteiger charge is -2.08. The van der Waals surface area contributed by atoms with Gasteiger partial charge >= 0.3 is 0 Å². The van der Waals surface area contributed by atoms with Crippen LogP contribution in [-0.2, 0) is 9.53 Å². The van der Waals surface area contributed by atoms with Crippen LogP contribution in [0.5, 0.6) is 0 Å². The minimum absolute atomic E-state index is 0.0544. The molecule has 2 bridgehead atoms. The van der Waals surface area contributed by atoms with Crippen LogP contribution < -0.4 is 0 Å².